The summed E-state index contributed by atoms with van der Waals surface area (Å²) < 4.78 is 17.0. The maximum absolute atomic E-state index is 5.79. The lowest BCUT2D eigenvalue weighted by Gasteiger charge is -2.27. The van der Waals surface area contributed by atoms with Gasteiger partial charge in [-0.25, -0.2) is 9.97 Å². The van der Waals surface area contributed by atoms with Crippen LogP contribution in [0.5, 0.6) is 5.75 Å². The number of hydrogen-bond donors (Lipinski definition) is 0. The zero-order chi connectivity index (χ0) is 22.0. The number of aryl methyl sites for hydroxylation is 4. The zero-order valence-corrected chi connectivity index (χ0v) is 19.5. The van der Waals surface area contributed by atoms with E-state index < -0.39 is 0 Å². The van der Waals surface area contributed by atoms with Gasteiger partial charge in [-0.15, -0.1) is 0 Å². The van der Waals surface area contributed by atoms with Gasteiger partial charge in [0.2, 0.25) is 0 Å². The molecule has 1 aliphatic carbocycles. The second kappa shape index (κ2) is 9.53. The van der Waals surface area contributed by atoms with E-state index in [1.165, 1.54) is 17.5 Å². The van der Waals surface area contributed by atoms with E-state index in [0.717, 1.165) is 72.9 Å². The molecule has 1 fully saturated rings. The third-order valence-corrected chi connectivity index (χ3v) is 6.70. The van der Waals surface area contributed by atoms with Crippen LogP contribution < -0.4 is 9.64 Å². The predicted octanol–water partition coefficient (Wildman–Crippen LogP) is 4.01. The molecule has 1 aromatic carbocycles. The quantitative estimate of drug-likeness (QED) is 0.637. The van der Waals surface area contributed by atoms with Crippen molar-refractivity contribution in [3.05, 3.63) is 34.6 Å². The lowest BCUT2D eigenvalue weighted by atomic mass is 10.0. The first-order valence-electron chi connectivity index (χ1n) is 11.5. The van der Waals surface area contributed by atoms with Gasteiger partial charge in [-0.2, -0.15) is 0 Å². The van der Waals surface area contributed by atoms with Crippen LogP contribution in [-0.4, -0.2) is 56.6 Å². The molecular weight excluding hydrogens is 390 g/mol. The Morgan fingerprint density at radius 2 is 1.74 bits per heavy atom. The maximum Gasteiger partial charge on any atom is 0.151 e. The van der Waals surface area contributed by atoms with Gasteiger partial charge in [0, 0.05) is 26.3 Å². The Morgan fingerprint density at radius 3 is 2.39 bits per heavy atom. The monoisotopic (exact) mass is 425 g/mol. The average molecular weight is 426 g/mol. The first kappa shape index (κ1) is 22.0. The maximum atomic E-state index is 5.79. The van der Waals surface area contributed by atoms with E-state index >= 15 is 0 Å². The van der Waals surface area contributed by atoms with Crippen molar-refractivity contribution < 1.29 is 14.2 Å². The SMILES string of the molecule is CCc1nc(N2C[C@H](OC)C[C@H]2COC)c(CC)nc1-c1cc2c(cc1OC)CCC2. The lowest BCUT2D eigenvalue weighted by molar-refractivity contribution is 0.111. The minimum absolute atomic E-state index is 0.188. The molecule has 0 bridgehead atoms. The Kier molecular flexibility index (Phi) is 6.77. The fourth-order valence-corrected chi connectivity index (χ4v) is 5.03. The van der Waals surface area contributed by atoms with E-state index in [9.17, 15) is 0 Å². The number of anilines is 1. The number of methoxy groups -OCH3 is 3. The molecule has 1 aromatic heterocycles. The van der Waals surface area contributed by atoms with Gasteiger partial charge >= 0.3 is 0 Å². The highest BCUT2D eigenvalue weighted by Crippen LogP contribution is 2.38. The first-order valence-corrected chi connectivity index (χ1v) is 11.5. The summed E-state index contributed by atoms with van der Waals surface area (Å²) in [7, 11) is 5.29. The second-order valence-corrected chi connectivity index (χ2v) is 8.53. The molecule has 0 amide bonds. The van der Waals surface area contributed by atoms with E-state index in [0.29, 0.717) is 6.61 Å². The van der Waals surface area contributed by atoms with Gasteiger partial charge in [0.05, 0.1) is 42.9 Å². The Morgan fingerprint density at radius 1 is 1.00 bits per heavy atom. The molecule has 31 heavy (non-hydrogen) atoms. The normalized spacial score (nSPS) is 20.4. The van der Waals surface area contributed by atoms with Crippen molar-refractivity contribution in [1.29, 1.82) is 0 Å². The van der Waals surface area contributed by atoms with Gasteiger partial charge in [0.25, 0.3) is 0 Å². The highest BCUT2D eigenvalue weighted by Gasteiger charge is 2.35. The molecule has 4 rings (SSSR count). The minimum atomic E-state index is 0.188. The fraction of sp³-hybridized carbons (Fsp3) is 0.600. The molecule has 0 saturated carbocycles. The topological polar surface area (TPSA) is 56.7 Å². The summed E-state index contributed by atoms with van der Waals surface area (Å²) in [5, 5.41) is 0. The summed E-state index contributed by atoms with van der Waals surface area (Å²) >= 11 is 0. The number of hydrogen-bond acceptors (Lipinski definition) is 6. The zero-order valence-electron chi connectivity index (χ0n) is 19.5. The van der Waals surface area contributed by atoms with Crippen LogP contribution in [-0.2, 0) is 35.2 Å². The van der Waals surface area contributed by atoms with E-state index in [1.54, 1.807) is 21.3 Å². The summed E-state index contributed by atoms with van der Waals surface area (Å²) in [6.07, 6.45) is 6.24. The van der Waals surface area contributed by atoms with Crippen LogP contribution in [0, 0.1) is 0 Å². The Labute approximate surface area is 185 Å². The molecule has 6 nitrogen and oxygen atoms in total. The molecule has 1 aliphatic heterocycles. The number of rotatable bonds is 8. The molecular formula is C25H35N3O3. The molecule has 2 aromatic rings. The van der Waals surface area contributed by atoms with E-state index in [4.69, 9.17) is 24.2 Å². The van der Waals surface area contributed by atoms with Crippen molar-refractivity contribution >= 4 is 5.82 Å². The fourth-order valence-electron chi connectivity index (χ4n) is 5.03. The highest BCUT2D eigenvalue weighted by atomic mass is 16.5. The average Bonchev–Trinajstić information content (AvgIpc) is 3.43. The van der Waals surface area contributed by atoms with Gasteiger partial charge in [0.1, 0.15) is 5.75 Å². The first-order chi connectivity index (χ1) is 15.1. The molecule has 168 valence electrons. The van der Waals surface area contributed by atoms with Crippen LogP contribution >= 0.6 is 0 Å². The van der Waals surface area contributed by atoms with Crippen LogP contribution in [0.2, 0.25) is 0 Å². The van der Waals surface area contributed by atoms with Crippen molar-refractivity contribution in [2.24, 2.45) is 0 Å². The van der Waals surface area contributed by atoms with Crippen LogP contribution in [0.1, 0.15) is 49.2 Å². The van der Waals surface area contributed by atoms with Gasteiger partial charge in [-0.3, -0.25) is 0 Å². The molecule has 0 radical (unpaired) electrons. The van der Waals surface area contributed by atoms with Crippen molar-refractivity contribution in [1.82, 2.24) is 9.97 Å². The largest absolute Gasteiger partial charge is 0.496 e. The Hall–Kier alpha value is -2.18. The van der Waals surface area contributed by atoms with Crippen molar-refractivity contribution in [3.8, 4) is 17.0 Å². The van der Waals surface area contributed by atoms with E-state index in [1.807, 2.05) is 0 Å². The van der Waals surface area contributed by atoms with Crippen molar-refractivity contribution in [2.45, 2.75) is 64.5 Å². The van der Waals surface area contributed by atoms with E-state index in [2.05, 4.69) is 30.9 Å². The van der Waals surface area contributed by atoms with Crippen LogP contribution in [0.25, 0.3) is 11.3 Å². The second-order valence-electron chi connectivity index (χ2n) is 8.53. The summed E-state index contributed by atoms with van der Waals surface area (Å²) in [6.45, 7) is 5.78. The summed E-state index contributed by atoms with van der Waals surface area (Å²) in [4.78, 5) is 12.7. The molecule has 1 saturated heterocycles. The summed E-state index contributed by atoms with van der Waals surface area (Å²) in [5.41, 5.74) is 6.89. The number of benzene rings is 1. The third kappa shape index (κ3) is 4.15. The predicted molar refractivity (Wildman–Crippen MR) is 123 cm³/mol. The van der Waals surface area contributed by atoms with Crippen molar-refractivity contribution in [3.63, 3.8) is 0 Å². The van der Waals surface area contributed by atoms with Crippen LogP contribution in [0.3, 0.4) is 0 Å². The standard InChI is InChI=1S/C25H35N3O3/c1-6-21-24(20-11-16-9-8-10-17(16)12-23(20)31-5)26-22(7-2)25(27-21)28-14-19(30-4)13-18(28)15-29-3/h11-12,18-19H,6-10,13-15H2,1-5H3/t18-,19+/m0/s1. The number of nitrogens with zero attached hydrogens (tertiary/aromatic N) is 3. The number of aromatic nitrogens is 2. The van der Waals surface area contributed by atoms with E-state index in [-0.39, 0.29) is 12.1 Å². The molecule has 2 heterocycles. The van der Waals surface area contributed by atoms with Crippen molar-refractivity contribution in [2.75, 3.05) is 39.4 Å². The lowest BCUT2D eigenvalue weighted by Crippen LogP contribution is -2.35. The minimum Gasteiger partial charge on any atom is -0.496 e. The highest BCUT2D eigenvalue weighted by molar-refractivity contribution is 5.72. The Bertz CT molecular complexity index is 931. The number of ether oxygens (including phenoxy) is 3. The van der Waals surface area contributed by atoms with Crippen LogP contribution in [0.4, 0.5) is 5.82 Å². The third-order valence-electron chi connectivity index (χ3n) is 6.70. The van der Waals surface area contributed by atoms with Gasteiger partial charge in [-0.1, -0.05) is 13.8 Å². The smallest absolute Gasteiger partial charge is 0.151 e. The van der Waals surface area contributed by atoms with Crippen LogP contribution in [0.15, 0.2) is 12.1 Å². The summed E-state index contributed by atoms with van der Waals surface area (Å²) in [5.74, 6) is 1.88. The molecule has 0 unspecified atom stereocenters. The Balaban J connectivity index is 1.81. The van der Waals surface area contributed by atoms with Gasteiger partial charge in [0.15, 0.2) is 5.82 Å². The molecule has 6 heteroatoms. The molecule has 2 atom stereocenters. The summed E-state index contributed by atoms with van der Waals surface area (Å²) in [6, 6.07) is 4.74. The molecule has 0 spiro atoms. The van der Waals surface area contributed by atoms with Gasteiger partial charge < -0.3 is 19.1 Å². The molecule has 0 N–H and O–H groups in total. The van der Waals surface area contributed by atoms with Gasteiger partial charge in [-0.05, 0) is 61.8 Å². The number of fused-ring (bicyclic) bond motifs is 1. The molecule has 2 aliphatic rings.